The third-order valence-electron chi connectivity index (χ3n) is 3.35. The molecule has 18 heavy (non-hydrogen) atoms. The van der Waals surface area contributed by atoms with Crippen LogP contribution in [0.3, 0.4) is 0 Å². The van der Waals surface area contributed by atoms with Crippen LogP contribution >= 0.6 is 22.7 Å². The Morgan fingerprint density at radius 1 is 0.667 bits per heavy atom. The molecular weight excluding hydrogens is 273 g/mol. The Morgan fingerprint density at radius 3 is 1.39 bits per heavy atom. The van der Waals surface area contributed by atoms with Gasteiger partial charge in [-0.05, 0) is 31.3 Å². The molecule has 0 aromatic carbocycles. The number of hydrogen-bond acceptors (Lipinski definition) is 0. The van der Waals surface area contributed by atoms with Gasteiger partial charge in [-0.1, -0.05) is 78.4 Å². The molecule has 3 heteroatoms. The normalized spacial score (nSPS) is 29.7. The second kappa shape index (κ2) is 3.85. The minimum Gasteiger partial charge on any atom is -0.0653 e. The molecule has 0 amide bonds. The smallest absolute Gasteiger partial charge is 0.00660 e. The van der Waals surface area contributed by atoms with E-state index < -0.39 is 6.57 Å². The molecular formula is C15H27P3. The summed E-state index contributed by atoms with van der Waals surface area (Å²) >= 11 is 0. The van der Waals surface area contributed by atoms with E-state index in [1.165, 1.54) is 0 Å². The minimum absolute atomic E-state index is 0.393. The third kappa shape index (κ3) is 2.14. The fourth-order valence-electron chi connectivity index (χ4n) is 2.66. The first-order valence-electron chi connectivity index (χ1n) is 6.79. The van der Waals surface area contributed by atoms with E-state index in [9.17, 15) is 0 Å². The molecule has 2 aliphatic heterocycles. The Morgan fingerprint density at radius 2 is 1.11 bits per heavy atom. The van der Waals surface area contributed by atoms with Gasteiger partial charge in [-0.25, -0.2) is 0 Å². The molecule has 0 nitrogen and oxygen atoms in total. The van der Waals surface area contributed by atoms with E-state index in [0.717, 1.165) is 0 Å². The van der Waals surface area contributed by atoms with E-state index in [0.29, 0.717) is 16.2 Å². The standard InChI is InChI=1S/C15H27P3/c1-13(2,3)10-16-11(14(4,5)6)18(10)12(17-18)15(7,8)9/h1-9H3. The SMILES string of the molecule is CC(C)(C)C1=PC(C(C)(C)C)=P12P=C2C(C)(C)C. The van der Waals surface area contributed by atoms with Crippen LogP contribution in [0.5, 0.6) is 0 Å². The molecule has 0 aromatic rings. The van der Waals surface area contributed by atoms with Gasteiger partial charge in [0.25, 0.3) is 0 Å². The number of rotatable bonds is 0. The van der Waals surface area contributed by atoms with Crippen molar-refractivity contribution in [1.82, 2.24) is 0 Å². The molecule has 0 N–H and O–H groups in total. The zero-order chi connectivity index (χ0) is 14.1. The van der Waals surface area contributed by atoms with Gasteiger partial charge in [0.05, 0.1) is 0 Å². The summed E-state index contributed by atoms with van der Waals surface area (Å²) < 4.78 is 0. The quantitative estimate of drug-likeness (QED) is 0.456. The molecule has 0 aliphatic carbocycles. The van der Waals surface area contributed by atoms with Crippen LogP contribution in [-0.2, 0) is 0 Å². The Bertz CT molecular complexity index is 511. The lowest BCUT2D eigenvalue weighted by atomic mass is 9.99. The summed E-state index contributed by atoms with van der Waals surface area (Å²) in [4.78, 5) is 0. The molecule has 0 aromatic heterocycles. The Labute approximate surface area is 116 Å². The summed E-state index contributed by atoms with van der Waals surface area (Å²) in [6.07, 6.45) is 0. The monoisotopic (exact) mass is 300 g/mol. The maximum atomic E-state index is 2.41. The predicted octanol–water partition coefficient (Wildman–Crippen LogP) is 6.37. The van der Waals surface area contributed by atoms with E-state index in [2.05, 4.69) is 62.3 Å². The van der Waals surface area contributed by atoms with Crippen molar-refractivity contribution in [2.45, 2.75) is 62.3 Å². The molecule has 2 rings (SSSR count). The van der Waals surface area contributed by atoms with Crippen molar-refractivity contribution in [1.29, 1.82) is 0 Å². The lowest BCUT2D eigenvalue weighted by Crippen LogP contribution is -2.31. The first kappa shape index (κ1) is 15.0. The number of hydrogen-bond donors (Lipinski definition) is 0. The van der Waals surface area contributed by atoms with Crippen LogP contribution in [0, 0.1) is 16.2 Å². The van der Waals surface area contributed by atoms with Crippen LogP contribution in [0.15, 0.2) is 0 Å². The topological polar surface area (TPSA) is 0 Å². The summed E-state index contributed by atoms with van der Waals surface area (Å²) in [5, 5.41) is 5.60. The van der Waals surface area contributed by atoms with Crippen molar-refractivity contribution >= 4 is 37.8 Å². The van der Waals surface area contributed by atoms with Crippen molar-refractivity contribution in [3.8, 4) is 0 Å². The summed E-state index contributed by atoms with van der Waals surface area (Å²) in [5.41, 5.74) is 1.19. The van der Waals surface area contributed by atoms with E-state index in [1.54, 1.807) is 16.1 Å². The van der Waals surface area contributed by atoms with Gasteiger partial charge in [0, 0.05) is 6.57 Å². The van der Waals surface area contributed by atoms with E-state index in [4.69, 9.17) is 0 Å². The average Bonchev–Trinajstić information content (AvgIpc) is 2.69. The zero-order valence-corrected chi connectivity index (χ0v) is 16.0. The predicted molar refractivity (Wildman–Crippen MR) is 94.1 cm³/mol. The fourth-order valence-corrected chi connectivity index (χ4v) is 18.4. The largest absolute Gasteiger partial charge is 0.0653 e. The minimum atomic E-state index is -0.951. The van der Waals surface area contributed by atoms with Gasteiger partial charge >= 0.3 is 0 Å². The lowest BCUT2D eigenvalue weighted by molar-refractivity contribution is 0.600. The Kier molecular flexibility index (Phi) is 3.21. The van der Waals surface area contributed by atoms with Crippen molar-refractivity contribution in [2.75, 3.05) is 0 Å². The molecule has 0 fully saturated rings. The molecule has 0 saturated heterocycles. The van der Waals surface area contributed by atoms with E-state index >= 15 is 0 Å². The maximum absolute atomic E-state index is 2.41. The second-order valence-corrected chi connectivity index (χ2v) is 16.4. The molecule has 1 spiro atoms. The van der Waals surface area contributed by atoms with Gasteiger partial charge in [-0.3, -0.25) is 0 Å². The molecule has 2 heterocycles. The Hall–Kier alpha value is 0.640. The molecule has 1 atom stereocenters. The van der Waals surface area contributed by atoms with E-state index in [1.807, 2.05) is 15.1 Å². The van der Waals surface area contributed by atoms with Crippen molar-refractivity contribution in [3.63, 3.8) is 0 Å². The first-order chi connectivity index (χ1) is 7.81. The van der Waals surface area contributed by atoms with Gasteiger partial charge in [0.1, 0.15) is 0 Å². The first-order valence-corrected chi connectivity index (χ1v) is 11.1. The van der Waals surface area contributed by atoms with Crippen molar-refractivity contribution < 1.29 is 0 Å². The van der Waals surface area contributed by atoms with Gasteiger partial charge in [0.2, 0.25) is 0 Å². The van der Waals surface area contributed by atoms with Crippen LogP contribution in [-0.4, -0.2) is 15.1 Å². The molecule has 0 saturated carbocycles. The van der Waals surface area contributed by atoms with Crippen molar-refractivity contribution in [2.24, 2.45) is 16.2 Å². The van der Waals surface area contributed by atoms with Crippen LogP contribution in [0.1, 0.15) is 62.3 Å². The molecule has 102 valence electrons. The average molecular weight is 300 g/mol. The highest BCUT2D eigenvalue weighted by Crippen LogP contribution is 2.90. The summed E-state index contributed by atoms with van der Waals surface area (Å²) in [7, 11) is 3.29. The highest BCUT2D eigenvalue weighted by atomic mass is 32.1. The lowest BCUT2D eigenvalue weighted by Gasteiger charge is -2.41. The summed E-state index contributed by atoms with van der Waals surface area (Å²) in [6, 6.07) is 0. The van der Waals surface area contributed by atoms with Crippen LogP contribution < -0.4 is 0 Å². The zero-order valence-electron chi connectivity index (χ0n) is 13.3. The fraction of sp³-hybridized carbons (Fsp3) is 0.800. The maximum Gasteiger partial charge on any atom is 0.00660 e. The van der Waals surface area contributed by atoms with Gasteiger partial charge in [0.15, 0.2) is 0 Å². The Balaban J connectivity index is 2.48. The van der Waals surface area contributed by atoms with Gasteiger partial charge in [-0.2, -0.15) is 0 Å². The molecule has 1 unspecified atom stereocenters. The van der Waals surface area contributed by atoms with Crippen LogP contribution in [0.2, 0.25) is 0 Å². The van der Waals surface area contributed by atoms with Gasteiger partial charge in [-0.15, -0.1) is 0 Å². The highest BCUT2D eigenvalue weighted by Gasteiger charge is 2.55. The molecule has 0 bridgehead atoms. The van der Waals surface area contributed by atoms with E-state index in [-0.39, 0.29) is 0 Å². The van der Waals surface area contributed by atoms with Crippen LogP contribution in [0.25, 0.3) is 0 Å². The van der Waals surface area contributed by atoms with Crippen molar-refractivity contribution in [3.05, 3.63) is 0 Å². The summed E-state index contributed by atoms with van der Waals surface area (Å²) in [5.74, 6) is 0. The second-order valence-electron chi connectivity index (χ2n) is 8.57. The third-order valence-corrected chi connectivity index (χ3v) is 17.0. The molecule has 2 aliphatic rings. The molecule has 0 radical (unpaired) electrons. The summed E-state index contributed by atoms with van der Waals surface area (Å²) in [6.45, 7) is 20.7. The highest BCUT2D eigenvalue weighted by molar-refractivity contribution is 8.67. The van der Waals surface area contributed by atoms with Crippen LogP contribution in [0.4, 0.5) is 0 Å². The van der Waals surface area contributed by atoms with Gasteiger partial charge < -0.3 is 0 Å².